The topological polar surface area (TPSA) is 0 Å². The molecule has 1 heteroatoms. The van der Waals surface area contributed by atoms with Crippen molar-refractivity contribution in [2.75, 3.05) is 0 Å². The van der Waals surface area contributed by atoms with Crippen LogP contribution in [0.3, 0.4) is 0 Å². The zero-order chi connectivity index (χ0) is 5.11. The minimum absolute atomic E-state index is 0.354. The van der Waals surface area contributed by atoms with Gasteiger partial charge in [0.15, 0.2) is 0 Å². The third kappa shape index (κ3) is 1.52. The van der Waals surface area contributed by atoms with E-state index < -0.39 is 0 Å². The average molecular weight is 210 g/mol. The molecule has 0 atom stereocenters. The van der Waals surface area contributed by atoms with Crippen LogP contribution in [0.4, 0.5) is 0 Å². The summed E-state index contributed by atoms with van der Waals surface area (Å²) < 4.78 is 5.07. The van der Waals surface area contributed by atoms with Crippen LogP contribution in [0.25, 0.3) is 0 Å². The van der Waals surface area contributed by atoms with Crippen LogP contribution in [0, 0.1) is 0 Å². The SMILES string of the molecule is C=IC1CCCC1. The number of hydrogen-bond donors (Lipinski definition) is 0. The molecule has 0 unspecified atom stereocenters. The molecule has 0 heterocycles. The van der Waals surface area contributed by atoms with Gasteiger partial charge >= 0.3 is 0 Å². The summed E-state index contributed by atoms with van der Waals surface area (Å²) in [7, 11) is 0. The molecule has 7 heavy (non-hydrogen) atoms. The number of alkyl halides is 1. The van der Waals surface area contributed by atoms with E-state index in [1.54, 1.807) is 0 Å². The Morgan fingerprint density at radius 2 is 1.86 bits per heavy atom. The van der Waals surface area contributed by atoms with Gasteiger partial charge in [-0.25, -0.2) is 0 Å². The molecule has 0 spiro atoms. The molecule has 0 saturated heterocycles. The third-order valence-corrected chi connectivity index (χ3v) is 3.99. The molecule has 1 aliphatic carbocycles. The van der Waals surface area contributed by atoms with E-state index in [4.69, 9.17) is 0 Å². The largest absolute Gasteiger partial charge is 0.127 e. The van der Waals surface area contributed by atoms with Crippen LogP contribution in [0.15, 0.2) is 0 Å². The van der Waals surface area contributed by atoms with Crippen LogP contribution in [0.5, 0.6) is 0 Å². The van der Waals surface area contributed by atoms with Crippen molar-refractivity contribution >= 4 is 25.2 Å². The highest BCUT2D eigenvalue weighted by Crippen LogP contribution is 2.27. The Morgan fingerprint density at radius 3 is 2.14 bits per heavy atom. The average Bonchev–Trinajstić information content (AvgIpc) is 2.14. The second-order valence-electron chi connectivity index (χ2n) is 2.04. The van der Waals surface area contributed by atoms with Gasteiger partial charge in [-0.3, -0.25) is 0 Å². The lowest BCUT2D eigenvalue weighted by Crippen LogP contribution is -1.84. The molecule has 0 aliphatic heterocycles. The van der Waals surface area contributed by atoms with E-state index in [9.17, 15) is 0 Å². The summed E-state index contributed by atoms with van der Waals surface area (Å²) >= 11 is 0.354. The van der Waals surface area contributed by atoms with Gasteiger partial charge in [-0.05, 0) is 12.8 Å². The Bertz CT molecular complexity index is 62.6. The van der Waals surface area contributed by atoms with Crippen LogP contribution in [0.2, 0.25) is 0 Å². The molecule has 0 N–H and O–H groups in total. The lowest BCUT2D eigenvalue weighted by Gasteiger charge is -1.93. The maximum absolute atomic E-state index is 3.98. The highest BCUT2D eigenvalue weighted by molar-refractivity contribution is 14.2. The third-order valence-electron chi connectivity index (χ3n) is 1.50. The Labute approximate surface area is 55.1 Å². The van der Waals surface area contributed by atoms with Crippen molar-refractivity contribution in [1.29, 1.82) is 0 Å². The predicted molar refractivity (Wildman–Crippen MR) is 43.4 cm³/mol. The van der Waals surface area contributed by atoms with Crippen molar-refractivity contribution < 1.29 is 0 Å². The van der Waals surface area contributed by atoms with Gasteiger partial charge in [0, 0.05) is 3.92 Å². The summed E-state index contributed by atoms with van der Waals surface area (Å²) in [4.78, 5) is 0. The van der Waals surface area contributed by atoms with Gasteiger partial charge in [0.1, 0.15) is 0 Å². The molecule has 0 radical (unpaired) electrons. The molecule has 0 aromatic rings. The van der Waals surface area contributed by atoms with E-state index in [2.05, 4.69) is 4.51 Å². The maximum atomic E-state index is 3.98. The summed E-state index contributed by atoms with van der Waals surface area (Å²) in [5.74, 6) is 0. The minimum Gasteiger partial charge on any atom is -0.127 e. The van der Waals surface area contributed by atoms with Gasteiger partial charge in [0.25, 0.3) is 0 Å². The quantitative estimate of drug-likeness (QED) is 0.460. The van der Waals surface area contributed by atoms with Crippen LogP contribution >= 0.6 is 20.7 Å². The fourth-order valence-electron chi connectivity index (χ4n) is 1.03. The van der Waals surface area contributed by atoms with Crippen LogP contribution in [-0.4, -0.2) is 8.44 Å². The zero-order valence-electron chi connectivity index (χ0n) is 4.49. The molecule has 1 saturated carbocycles. The van der Waals surface area contributed by atoms with Gasteiger partial charge < -0.3 is 0 Å². The molecule has 0 nitrogen and oxygen atoms in total. The summed E-state index contributed by atoms with van der Waals surface area (Å²) in [5.41, 5.74) is 0. The summed E-state index contributed by atoms with van der Waals surface area (Å²) in [6, 6.07) is 0. The fourth-order valence-corrected chi connectivity index (χ4v) is 2.79. The van der Waals surface area contributed by atoms with Crippen LogP contribution < -0.4 is 0 Å². The Hall–Kier alpha value is 0.600. The van der Waals surface area contributed by atoms with E-state index in [0.29, 0.717) is 20.7 Å². The predicted octanol–water partition coefficient (Wildman–Crippen LogP) is 2.33. The lowest BCUT2D eigenvalue weighted by molar-refractivity contribution is 0.886. The standard InChI is InChI=1S/C6H11I/c1-7-6-4-2-3-5-6/h6H,1-5H2. The first-order valence-corrected chi connectivity index (χ1v) is 5.57. The Morgan fingerprint density at radius 1 is 1.29 bits per heavy atom. The monoisotopic (exact) mass is 210 g/mol. The summed E-state index contributed by atoms with van der Waals surface area (Å²) in [5, 5.41) is 0. The van der Waals surface area contributed by atoms with Gasteiger partial charge in [-0.2, -0.15) is 0 Å². The summed E-state index contributed by atoms with van der Waals surface area (Å²) in [6.07, 6.45) is 5.97. The molecule has 0 amide bonds. The van der Waals surface area contributed by atoms with Crippen LogP contribution in [-0.2, 0) is 0 Å². The van der Waals surface area contributed by atoms with Crippen molar-refractivity contribution in [1.82, 2.24) is 0 Å². The molecule has 0 bridgehead atoms. The lowest BCUT2D eigenvalue weighted by atomic mass is 10.4. The molecule has 42 valence electrons. The summed E-state index contributed by atoms with van der Waals surface area (Å²) in [6.45, 7) is 0. The van der Waals surface area contributed by atoms with Gasteiger partial charge in [0.05, 0.1) is 0 Å². The molecule has 0 aromatic carbocycles. The van der Waals surface area contributed by atoms with Gasteiger partial charge in [-0.1, -0.05) is 17.4 Å². The maximum Gasteiger partial charge on any atom is 0.00568 e. The molecular formula is C6H11I. The smallest absolute Gasteiger partial charge is 0.00568 e. The fraction of sp³-hybridized carbons (Fsp3) is 0.833. The second kappa shape index (κ2) is 2.80. The molecule has 1 fully saturated rings. The van der Waals surface area contributed by atoms with Crippen molar-refractivity contribution in [3.8, 4) is 0 Å². The molecule has 1 aliphatic rings. The van der Waals surface area contributed by atoms with Crippen molar-refractivity contribution in [2.24, 2.45) is 0 Å². The van der Waals surface area contributed by atoms with Gasteiger partial charge in [0.2, 0.25) is 0 Å². The molecular weight excluding hydrogens is 199 g/mol. The number of rotatable bonds is 1. The van der Waals surface area contributed by atoms with Crippen molar-refractivity contribution in [3.05, 3.63) is 0 Å². The van der Waals surface area contributed by atoms with Crippen molar-refractivity contribution in [3.63, 3.8) is 0 Å². The van der Waals surface area contributed by atoms with Gasteiger partial charge in [-0.15, -0.1) is 20.7 Å². The normalized spacial score (nSPS) is 23.4. The van der Waals surface area contributed by atoms with E-state index in [-0.39, 0.29) is 0 Å². The number of hydrogen-bond acceptors (Lipinski definition) is 0. The van der Waals surface area contributed by atoms with Crippen molar-refractivity contribution in [2.45, 2.75) is 29.6 Å². The highest BCUT2D eigenvalue weighted by atomic mass is 127. The van der Waals surface area contributed by atoms with E-state index in [1.165, 1.54) is 25.7 Å². The molecule has 1 rings (SSSR count). The Balaban J connectivity index is 2.26. The van der Waals surface area contributed by atoms with E-state index in [0.717, 1.165) is 3.92 Å². The first-order chi connectivity index (χ1) is 3.43. The Kier molecular flexibility index (Phi) is 2.29. The zero-order valence-corrected chi connectivity index (χ0v) is 6.65. The molecule has 0 aromatic heterocycles. The number of halogens is 1. The van der Waals surface area contributed by atoms with E-state index in [1.807, 2.05) is 0 Å². The first-order valence-electron chi connectivity index (χ1n) is 2.80. The van der Waals surface area contributed by atoms with Crippen LogP contribution in [0.1, 0.15) is 25.7 Å². The minimum atomic E-state index is 0.354. The highest BCUT2D eigenvalue weighted by Gasteiger charge is 2.10. The first kappa shape index (κ1) is 5.73. The second-order valence-corrected chi connectivity index (χ2v) is 4.68. The van der Waals surface area contributed by atoms with E-state index >= 15 is 0 Å².